The van der Waals surface area contributed by atoms with E-state index in [1.165, 1.54) is 18.2 Å². The van der Waals surface area contributed by atoms with E-state index in [1.807, 2.05) is 24.3 Å². The van der Waals surface area contributed by atoms with Crippen LogP contribution in [0.15, 0.2) is 59.1 Å². The molecule has 1 heterocycles. The van der Waals surface area contributed by atoms with Crippen LogP contribution in [-0.4, -0.2) is 17.9 Å². The van der Waals surface area contributed by atoms with Gasteiger partial charge in [0, 0.05) is 38.4 Å². The first-order valence-corrected chi connectivity index (χ1v) is 10.0. The molecule has 0 aliphatic carbocycles. The topological polar surface area (TPSA) is 55.6 Å². The average Bonchev–Trinajstić information content (AvgIpc) is 2.96. The highest BCUT2D eigenvalue weighted by Gasteiger charge is 2.40. The zero-order valence-corrected chi connectivity index (χ0v) is 17.8. The molecule has 29 heavy (non-hydrogen) atoms. The number of ether oxygens (including phenoxy) is 1. The van der Waals surface area contributed by atoms with Gasteiger partial charge in [0.25, 0.3) is 5.91 Å². The van der Waals surface area contributed by atoms with E-state index in [4.69, 9.17) is 22.1 Å². The van der Waals surface area contributed by atoms with Gasteiger partial charge in [-0.3, -0.25) is 4.79 Å². The number of rotatable bonds is 4. The molecule has 1 unspecified atom stereocenters. The van der Waals surface area contributed by atoms with Crippen molar-refractivity contribution in [2.75, 3.05) is 12.8 Å². The minimum absolute atomic E-state index is 0.186. The van der Waals surface area contributed by atoms with Crippen LogP contribution in [0.3, 0.4) is 0 Å². The fourth-order valence-corrected chi connectivity index (χ4v) is 4.38. The number of nitrogen functional groups attached to an aromatic ring is 1. The maximum atomic E-state index is 14.1. The maximum absolute atomic E-state index is 14.1. The summed E-state index contributed by atoms with van der Waals surface area (Å²) < 4.78 is 20.0. The minimum atomic E-state index is -0.587. The molecule has 0 fully saturated rings. The third-order valence-corrected chi connectivity index (χ3v) is 5.82. The van der Waals surface area contributed by atoms with Crippen LogP contribution in [0.4, 0.5) is 10.1 Å². The zero-order chi connectivity index (χ0) is 20.7. The normalized spacial score (nSPS) is 15.5. The van der Waals surface area contributed by atoms with Crippen molar-refractivity contribution in [2.45, 2.75) is 12.6 Å². The average molecular weight is 476 g/mol. The first-order chi connectivity index (χ1) is 13.9. The molecule has 148 valence electrons. The van der Waals surface area contributed by atoms with Crippen molar-refractivity contribution < 1.29 is 13.9 Å². The van der Waals surface area contributed by atoms with Crippen LogP contribution in [0.2, 0.25) is 5.02 Å². The molecule has 0 saturated carbocycles. The molecular formula is C22H17BrClFN2O2. The second kappa shape index (κ2) is 7.69. The Balaban J connectivity index is 1.85. The van der Waals surface area contributed by atoms with E-state index in [0.29, 0.717) is 38.4 Å². The molecule has 0 radical (unpaired) electrons. The summed E-state index contributed by atoms with van der Waals surface area (Å²) in [5.74, 6) is 0.113. The van der Waals surface area contributed by atoms with E-state index in [-0.39, 0.29) is 5.91 Å². The van der Waals surface area contributed by atoms with Crippen molar-refractivity contribution in [3.8, 4) is 5.75 Å². The number of amides is 1. The van der Waals surface area contributed by atoms with Crippen LogP contribution >= 0.6 is 27.5 Å². The Kier molecular flexibility index (Phi) is 5.23. The summed E-state index contributed by atoms with van der Waals surface area (Å²) in [6, 6.07) is 14.5. The van der Waals surface area contributed by atoms with Crippen molar-refractivity contribution in [3.05, 3.63) is 92.2 Å². The van der Waals surface area contributed by atoms with Gasteiger partial charge in [0.15, 0.2) is 0 Å². The smallest absolute Gasteiger partial charge is 0.255 e. The highest BCUT2D eigenvalue weighted by Crippen LogP contribution is 2.45. The maximum Gasteiger partial charge on any atom is 0.255 e. The van der Waals surface area contributed by atoms with Gasteiger partial charge in [0.05, 0.1) is 13.2 Å². The lowest BCUT2D eigenvalue weighted by Crippen LogP contribution is -2.28. The second-order valence-corrected chi connectivity index (χ2v) is 8.13. The predicted molar refractivity (Wildman–Crippen MR) is 115 cm³/mol. The van der Waals surface area contributed by atoms with E-state index in [1.54, 1.807) is 24.1 Å². The highest BCUT2D eigenvalue weighted by atomic mass is 79.9. The van der Waals surface area contributed by atoms with E-state index in [9.17, 15) is 9.18 Å². The summed E-state index contributed by atoms with van der Waals surface area (Å²) in [5, 5.41) is 0.374. The third-order valence-electron chi connectivity index (χ3n) is 5.02. The van der Waals surface area contributed by atoms with Crippen molar-refractivity contribution in [2.24, 2.45) is 0 Å². The van der Waals surface area contributed by atoms with Gasteiger partial charge in [-0.05, 0) is 48.0 Å². The number of nitrogens with zero attached hydrogens (tertiary/aromatic N) is 1. The molecule has 1 aliphatic rings. The lowest BCUT2D eigenvalue weighted by atomic mass is 9.96. The van der Waals surface area contributed by atoms with Gasteiger partial charge in [-0.15, -0.1) is 0 Å². The molecule has 0 saturated heterocycles. The molecule has 3 aromatic rings. The SMILES string of the molecule is COc1ccc(CN2C(=O)c3cc(Br)cc(N)c3C2c2cc(F)ccc2Cl)cc1. The first-order valence-electron chi connectivity index (χ1n) is 8.87. The van der Waals surface area contributed by atoms with Gasteiger partial charge in [-0.25, -0.2) is 4.39 Å². The lowest BCUT2D eigenvalue weighted by molar-refractivity contribution is 0.0736. The molecule has 4 rings (SSSR count). The van der Waals surface area contributed by atoms with Gasteiger partial charge in [0.1, 0.15) is 11.6 Å². The number of carbonyl (C=O) groups excluding carboxylic acids is 1. The van der Waals surface area contributed by atoms with E-state index >= 15 is 0 Å². The Bertz CT molecular complexity index is 1100. The lowest BCUT2D eigenvalue weighted by Gasteiger charge is -2.27. The third kappa shape index (κ3) is 3.58. The van der Waals surface area contributed by atoms with Gasteiger partial charge in [0.2, 0.25) is 0 Å². The molecule has 0 aromatic heterocycles. The summed E-state index contributed by atoms with van der Waals surface area (Å²) in [4.78, 5) is 15.0. The zero-order valence-electron chi connectivity index (χ0n) is 15.5. The monoisotopic (exact) mass is 474 g/mol. The highest BCUT2D eigenvalue weighted by molar-refractivity contribution is 9.10. The van der Waals surface area contributed by atoms with Crippen LogP contribution in [0.5, 0.6) is 5.75 Å². The summed E-state index contributed by atoms with van der Waals surface area (Å²) in [6.07, 6.45) is 0. The van der Waals surface area contributed by atoms with Crippen LogP contribution in [0.1, 0.15) is 33.1 Å². The van der Waals surface area contributed by atoms with E-state index in [2.05, 4.69) is 15.9 Å². The van der Waals surface area contributed by atoms with Crippen LogP contribution in [-0.2, 0) is 6.54 Å². The Hall–Kier alpha value is -2.57. The number of hydrogen-bond acceptors (Lipinski definition) is 3. The number of methoxy groups -OCH3 is 1. The molecule has 3 aromatic carbocycles. The quantitative estimate of drug-likeness (QED) is 0.501. The first kappa shape index (κ1) is 19.7. The fraction of sp³-hybridized carbons (Fsp3) is 0.136. The van der Waals surface area contributed by atoms with E-state index < -0.39 is 11.9 Å². The van der Waals surface area contributed by atoms with Gasteiger partial charge in [-0.1, -0.05) is 39.7 Å². The van der Waals surface area contributed by atoms with Crippen molar-refractivity contribution in [1.29, 1.82) is 0 Å². The second-order valence-electron chi connectivity index (χ2n) is 6.81. The molecule has 1 aliphatic heterocycles. The van der Waals surface area contributed by atoms with Crippen molar-refractivity contribution in [1.82, 2.24) is 4.90 Å². The van der Waals surface area contributed by atoms with E-state index in [0.717, 1.165) is 11.3 Å². The van der Waals surface area contributed by atoms with Crippen LogP contribution < -0.4 is 10.5 Å². The van der Waals surface area contributed by atoms with Gasteiger partial charge >= 0.3 is 0 Å². The molecule has 4 nitrogen and oxygen atoms in total. The number of anilines is 1. The molecule has 0 spiro atoms. The van der Waals surface area contributed by atoms with Gasteiger partial charge in [-0.2, -0.15) is 0 Å². The predicted octanol–water partition coefficient (Wildman–Crippen LogP) is 5.58. The minimum Gasteiger partial charge on any atom is -0.497 e. The molecule has 2 N–H and O–H groups in total. The molecular weight excluding hydrogens is 459 g/mol. The standard InChI is InChI=1S/C22H17BrClFN2O2/c1-29-15-5-2-12(3-6-15)11-27-21(16-10-14(25)4-7-18(16)24)20-17(22(27)28)8-13(23)9-19(20)26/h2-10,21H,11,26H2,1H3. The number of benzene rings is 3. The Morgan fingerprint density at radius 1 is 1.17 bits per heavy atom. The Morgan fingerprint density at radius 2 is 1.90 bits per heavy atom. The Labute approximate surface area is 181 Å². The molecule has 1 atom stereocenters. The number of fused-ring (bicyclic) bond motifs is 1. The van der Waals surface area contributed by atoms with Gasteiger partial charge < -0.3 is 15.4 Å². The summed E-state index contributed by atoms with van der Waals surface area (Å²) in [7, 11) is 1.60. The summed E-state index contributed by atoms with van der Waals surface area (Å²) in [5.41, 5.74) is 9.26. The number of halogens is 3. The fourth-order valence-electron chi connectivity index (χ4n) is 3.69. The summed E-state index contributed by atoms with van der Waals surface area (Å²) >= 11 is 9.81. The number of nitrogens with two attached hydrogens (primary N) is 1. The van der Waals surface area contributed by atoms with Crippen molar-refractivity contribution >= 4 is 39.1 Å². The number of hydrogen-bond donors (Lipinski definition) is 1. The summed E-state index contributed by atoms with van der Waals surface area (Å²) in [6.45, 7) is 0.312. The molecule has 1 amide bonds. The Morgan fingerprint density at radius 3 is 2.59 bits per heavy atom. The molecule has 7 heteroatoms. The van der Waals surface area contributed by atoms with Crippen LogP contribution in [0, 0.1) is 5.82 Å². The largest absolute Gasteiger partial charge is 0.497 e. The van der Waals surface area contributed by atoms with Crippen LogP contribution in [0.25, 0.3) is 0 Å². The molecule has 0 bridgehead atoms. The number of carbonyl (C=O) groups is 1. The van der Waals surface area contributed by atoms with Crippen molar-refractivity contribution in [3.63, 3.8) is 0 Å².